The molecule has 1 aliphatic rings. The number of fused-ring (bicyclic) bond motifs is 2. The number of halogens is 1. The van der Waals surface area contributed by atoms with Gasteiger partial charge >= 0.3 is 5.97 Å². The molecule has 0 saturated heterocycles. The van der Waals surface area contributed by atoms with E-state index in [1.54, 1.807) is 36.4 Å². The zero-order valence-corrected chi connectivity index (χ0v) is 24.5. The van der Waals surface area contributed by atoms with Crippen LogP contribution in [0.4, 0.5) is 0 Å². The van der Waals surface area contributed by atoms with Gasteiger partial charge in [0.1, 0.15) is 5.69 Å². The van der Waals surface area contributed by atoms with Crippen LogP contribution in [0.25, 0.3) is 22.0 Å². The van der Waals surface area contributed by atoms with Gasteiger partial charge in [-0.25, -0.2) is 10.2 Å². The standard InChI is InChI=1S/C32H24IN3O6/c1-2-39-27-14-19(8-12-26(27)42-32(38)21-9-13-25-28(15-21)41-18-40-25)17-34-36-31(37)30-29(20-6-4-3-5-7-20)23-16-22(33)10-11-24(23)35-30/h3-17,35H,2,18H2,1H3,(H,36,37). The van der Waals surface area contributed by atoms with E-state index in [-0.39, 0.29) is 18.4 Å². The lowest BCUT2D eigenvalue weighted by Crippen LogP contribution is -2.18. The minimum Gasteiger partial charge on any atom is -0.490 e. The Kier molecular flexibility index (Phi) is 7.78. The van der Waals surface area contributed by atoms with Crippen LogP contribution in [0.1, 0.15) is 33.3 Å². The Labute approximate surface area is 254 Å². The molecule has 0 spiro atoms. The van der Waals surface area contributed by atoms with Crippen molar-refractivity contribution in [1.82, 2.24) is 10.4 Å². The SMILES string of the molecule is CCOc1cc(C=NNC(=O)c2[nH]c3ccc(I)cc3c2-c2ccccc2)ccc1OC(=O)c1ccc2c(c1)OCO2. The summed E-state index contributed by atoms with van der Waals surface area (Å²) in [5.41, 5.74) is 6.58. The van der Waals surface area contributed by atoms with Crippen molar-refractivity contribution in [3.8, 4) is 34.1 Å². The van der Waals surface area contributed by atoms with Gasteiger partial charge in [0.2, 0.25) is 6.79 Å². The summed E-state index contributed by atoms with van der Waals surface area (Å²) in [4.78, 5) is 29.3. The van der Waals surface area contributed by atoms with Crippen LogP contribution in [0, 0.1) is 3.57 Å². The van der Waals surface area contributed by atoms with Crippen molar-refractivity contribution >= 4 is 51.6 Å². The molecule has 2 heterocycles. The fourth-order valence-electron chi connectivity index (χ4n) is 4.60. The normalized spacial score (nSPS) is 12.0. The molecule has 0 bridgehead atoms. The molecule has 0 unspecified atom stereocenters. The lowest BCUT2D eigenvalue weighted by molar-refractivity contribution is 0.0727. The largest absolute Gasteiger partial charge is 0.490 e. The van der Waals surface area contributed by atoms with E-state index in [0.29, 0.717) is 40.7 Å². The molecular formula is C32H24IN3O6. The van der Waals surface area contributed by atoms with Crippen molar-refractivity contribution in [3.63, 3.8) is 0 Å². The topological polar surface area (TPSA) is 111 Å². The number of hydrogen-bond donors (Lipinski definition) is 2. The predicted octanol–water partition coefficient (Wildman–Crippen LogP) is 6.55. The number of rotatable bonds is 8. The van der Waals surface area contributed by atoms with Crippen LogP contribution in [0.2, 0.25) is 0 Å². The molecule has 0 fully saturated rings. The molecule has 0 radical (unpaired) electrons. The average Bonchev–Trinajstić information content (AvgIpc) is 3.63. The smallest absolute Gasteiger partial charge is 0.343 e. The zero-order valence-electron chi connectivity index (χ0n) is 22.3. The summed E-state index contributed by atoms with van der Waals surface area (Å²) in [5.74, 6) is 0.731. The van der Waals surface area contributed by atoms with E-state index in [4.69, 9.17) is 18.9 Å². The number of aromatic nitrogens is 1. The van der Waals surface area contributed by atoms with Gasteiger partial charge < -0.3 is 23.9 Å². The predicted molar refractivity (Wildman–Crippen MR) is 167 cm³/mol. The van der Waals surface area contributed by atoms with Crippen molar-refractivity contribution < 1.29 is 28.5 Å². The minimum absolute atomic E-state index is 0.112. The molecule has 9 nitrogen and oxygen atoms in total. The number of aromatic amines is 1. The third-order valence-electron chi connectivity index (χ3n) is 6.51. The maximum Gasteiger partial charge on any atom is 0.343 e. The summed E-state index contributed by atoms with van der Waals surface area (Å²) in [6, 6.07) is 25.6. The zero-order chi connectivity index (χ0) is 29.1. The first kappa shape index (κ1) is 27.3. The summed E-state index contributed by atoms with van der Waals surface area (Å²) >= 11 is 2.26. The molecule has 0 aliphatic carbocycles. The molecule has 42 heavy (non-hydrogen) atoms. The highest BCUT2D eigenvalue weighted by atomic mass is 127. The second-order valence-corrected chi connectivity index (χ2v) is 10.5. The van der Waals surface area contributed by atoms with Gasteiger partial charge in [0, 0.05) is 20.0 Å². The van der Waals surface area contributed by atoms with Crippen LogP contribution in [-0.2, 0) is 0 Å². The van der Waals surface area contributed by atoms with Crippen LogP contribution >= 0.6 is 22.6 Å². The van der Waals surface area contributed by atoms with Gasteiger partial charge in [-0.3, -0.25) is 4.79 Å². The maximum atomic E-state index is 13.3. The van der Waals surface area contributed by atoms with Crippen molar-refractivity contribution in [2.75, 3.05) is 13.4 Å². The number of carbonyl (C=O) groups is 2. The molecule has 10 heteroatoms. The van der Waals surface area contributed by atoms with E-state index >= 15 is 0 Å². The highest BCUT2D eigenvalue weighted by molar-refractivity contribution is 14.1. The number of ether oxygens (including phenoxy) is 4. The van der Waals surface area contributed by atoms with Gasteiger partial charge in [0.05, 0.1) is 18.4 Å². The van der Waals surface area contributed by atoms with Crippen LogP contribution in [0.15, 0.2) is 90.0 Å². The average molecular weight is 673 g/mol. The number of carbonyl (C=O) groups excluding carboxylic acids is 2. The quantitative estimate of drug-likeness (QED) is 0.0636. The summed E-state index contributed by atoms with van der Waals surface area (Å²) in [6.45, 7) is 2.30. The lowest BCUT2D eigenvalue weighted by Gasteiger charge is -2.11. The number of esters is 1. The number of amides is 1. The lowest BCUT2D eigenvalue weighted by atomic mass is 10.0. The van der Waals surface area contributed by atoms with Crippen molar-refractivity contribution in [2.24, 2.45) is 5.10 Å². The summed E-state index contributed by atoms with van der Waals surface area (Å²) in [6.07, 6.45) is 1.50. The first-order chi connectivity index (χ1) is 20.5. The highest BCUT2D eigenvalue weighted by Crippen LogP contribution is 2.35. The van der Waals surface area contributed by atoms with E-state index in [0.717, 1.165) is 25.6 Å². The number of benzene rings is 4. The van der Waals surface area contributed by atoms with Gasteiger partial charge in [-0.15, -0.1) is 0 Å². The number of nitrogens with zero attached hydrogens (tertiary/aromatic N) is 1. The molecular weight excluding hydrogens is 649 g/mol. The van der Waals surface area contributed by atoms with Crippen LogP contribution < -0.4 is 24.4 Å². The van der Waals surface area contributed by atoms with E-state index in [1.807, 2.05) is 55.5 Å². The Balaban J connectivity index is 1.20. The van der Waals surface area contributed by atoms with Crippen LogP contribution in [-0.4, -0.2) is 36.5 Å². The van der Waals surface area contributed by atoms with E-state index in [1.165, 1.54) is 6.21 Å². The van der Waals surface area contributed by atoms with Gasteiger partial charge in [-0.1, -0.05) is 30.3 Å². The molecule has 1 aliphatic heterocycles. The fraction of sp³-hybridized carbons (Fsp3) is 0.0938. The summed E-state index contributed by atoms with van der Waals surface area (Å²) in [5, 5.41) is 5.13. The number of nitrogens with one attached hydrogen (secondary N) is 2. The van der Waals surface area contributed by atoms with Crippen molar-refractivity contribution in [2.45, 2.75) is 6.92 Å². The first-order valence-electron chi connectivity index (χ1n) is 13.1. The molecule has 2 N–H and O–H groups in total. The monoisotopic (exact) mass is 673 g/mol. The van der Waals surface area contributed by atoms with Gasteiger partial charge in [0.25, 0.3) is 5.91 Å². The van der Waals surface area contributed by atoms with Crippen molar-refractivity contribution in [1.29, 1.82) is 0 Å². The molecule has 4 aromatic carbocycles. The van der Waals surface area contributed by atoms with E-state index in [9.17, 15) is 9.59 Å². The Morgan fingerprint density at radius 1 is 0.976 bits per heavy atom. The van der Waals surface area contributed by atoms with Crippen LogP contribution in [0.3, 0.4) is 0 Å². The molecule has 210 valence electrons. The first-order valence-corrected chi connectivity index (χ1v) is 14.2. The highest BCUT2D eigenvalue weighted by Gasteiger charge is 2.20. The Morgan fingerprint density at radius 3 is 2.64 bits per heavy atom. The van der Waals surface area contributed by atoms with E-state index in [2.05, 4.69) is 38.1 Å². The Hall–Kier alpha value is -4.84. The van der Waals surface area contributed by atoms with Gasteiger partial charge in [0.15, 0.2) is 23.0 Å². The number of H-pyrrole nitrogens is 1. The molecule has 1 aromatic heterocycles. The van der Waals surface area contributed by atoms with Crippen molar-refractivity contribution in [3.05, 3.63) is 105 Å². The molecule has 6 rings (SSSR count). The summed E-state index contributed by atoms with van der Waals surface area (Å²) < 4.78 is 23.0. The Bertz CT molecular complexity index is 1830. The minimum atomic E-state index is -0.565. The maximum absolute atomic E-state index is 13.3. The fourth-order valence-corrected chi connectivity index (χ4v) is 5.09. The number of hydrogen-bond acceptors (Lipinski definition) is 7. The molecule has 1 amide bonds. The van der Waals surface area contributed by atoms with E-state index < -0.39 is 5.97 Å². The Morgan fingerprint density at radius 2 is 1.81 bits per heavy atom. The van der Waals surface area contributed by atoms with Gasteiger partial charge in [-0.05, 0) is 95.2 Å². The number of hydrazone groups is 1. The second kappa shape index (κ2) is 12.0. The molecule has 0 saturated carbocycles. The third kappa shape index (κ3) is 5.66. The molecule has 0 atom stereocenters. The third-order valence-corrected chi connectivity index (χ3v) is 7.18. The summed E-state index contributed by atoms with van der Waals surface area (Å²) in [7, 11) is 0. The second-order valence-electron chi connectivity index (χ2n) is 9.23. The molecule has 5 aromatic rings. The van der Waals surface area contributed by atoms with Crippen LogP contribution in [0.5, 0.6) is 23.0 Å². The van der Waals surface area contributed by atoms with Gasteiger partial charge in [-0.2, -0.15) is 5.10 Å².